The first kappa shape index (κ1) is 14.4. The largest absolute Gasteiger partial charge is 0.417 e. The molecule has 0 saturated carbocycles. The van der Waals surface area contributed by atoms with Gasteiger partial charge in [-0.2, -0.15) is 13.2 Å². The van der Waals surface area contributed by atoms with E-state index in [2.05, 4.69) is 0 Å². The van der Waals surface area contributed by atoms with Crippen LogP contribution in [0.4, 0.5) is 13.2 Å². The van der Waals surface area contributed by atoms with Gasteiger partial charge in [0, 0.05) is 0 Å². The lowest BCUT2D eigenvalue weighted by Gasteiger charge is -2.20. The predicted molar refractivity (Wildman–Crippen MR) is 64.7 cm³/mol. The first-order valence-electron chi connectivity index (χ1n) is 5.59. The average Bonchev–Trinajstić information content (AvgIpc) is 2.19. The van der Waals surface area contributed by atoms with Gasteiger partial charge in [0.25, 0.3) is 0 Å². The zero-order valence-corrected chi connectivity index (χ0v) is 11.1. The molecule has 0 aromatic heterocycles. The predicted octanol–water partition coefficient (Wildman–Crippen LogP) is 5.35. The van der Waals surface area contributed by atoms with Crippen molar-refractivity contribution in [1.82, 2.24) is 0 Å². The van der Waals surface area contributed by atoms with Gasteiger partial charge < -0.3 is 0 Å². The highest BCUT2D eigenvalue weighted by Gasteiger charge is 2.35. The summed E-state index contributed by atoms with van der Waals surface area (Å²) in [7, 11) is 0. The second-order valence-electron chi connectivity index (χ2n) is 4.44. The summed E-state index contributed by atoms with van der Waals surface area (Å²) in [5.74, 6) is 0.0574. The summed E-state index contributed by atoms with van der Waals surface area (Å²) in [6, 6.07) is 1.19. The number of benzene rings is 1. The van der Waals surface area contributed by atoms with Crippen LogP contribution in [0.25, 0.3) is 0 Å². The van der Waals surface area contributed by atoms with Crippen LogP contribution in [0.1, 0.15) is 48.9 Å². The topological polar surface area (TPSA) is 0 Å². The molecule has 1 rings (SSSR count). The molecule has 0 fully saturated rings. The van der Waals surface area contributed by atoms with Crippen molar-refractivity contribution in [3.63, 3.8) is 0 Å². The quantitative estimate of drug-likeness (QED) is 0.675. The molecule has 0 aliphatic carbocycles. The van der Waals surface area contributed by atoms with E-state index in [4.69, 9.17) is 11.6 Å². The van der Waals surface area contributed by atoms with Gasteiger partial charge in [-0.25, -0.2) is 0 Å². The molecule has 0 nitrogen and oxygen atoms in total. The van der Waals surface area contributed by atoms with Crippen LogP contribution in [0.15, 0.2) is 6.07 Å². The molecule has 4 heteroatoms. The third-order valence-electron chi connectivity index (χ3n) is 2.95. The summed E-state index contributed by atoms with van der Waals surface area (Å²) in [4.78, 5) is 0. The van der Waals surface area contributed by atoms with E-state index in [-0.39, 0.29) is 10.9 Å². The van der Waals surface area contributed by atoms with Gasteiger partial charge >= 0.3 is 6.18 Å². The molecule has 0 N–H and O–H groups in total. The standard InChI is InChI=1S/C13H16ClF3/c1-5-9-8(4)12(14)11(13(15,16)17)6-10(9)7(2)3/h6-7H,5H2,1-4H3. The molecule has 17 heavy (non-hydrogen) atoms. The van der Waals surface area contributed by atoms with Gasteiger partial charge in [-0.15, -0.1) is 0 Å². The van der Waals surface area contributed by atoms with E-state index in [1.165, 1.54) is 6.07 Å². The van der Waals surface area contributed by atoms with Crippen molar-refractivity contribution in [1.29, 1.82) is 0 Å². The summed E-state index contributed by atoms with van der Waals surface area (Å²) in [5.41, 5.74) is 1.49. The van der Waals surface area contributed by atoms with Crippen LogP contribution in [0.5, 0.6) is 0 Å². The minimum Gasteiger partial charge on any atom is -0.166 e. The van der Waals surface area contributed by atoms with Crippen molar-refractivity contribution in [3.8, 4) is 0 Å². The van der Waals surface area contributed by atoms with Crippen LogP contribution in [0.2, 0.25) is 5.02 Å². The first-order valence-corrected chi connectivity index (χ1v) is 5.97. The van der Waals surface area contributed by atoms with E-state index in [1.807, 2.05) is 20.8 Å². The second-order valence-corrected chi connectivity index (χ2v) is 4.81. The Morgan fingerprint density at radius 2 is 1.82 bits per heavy atom. The minimum atomic E-state index is -4.39. The Labute approximate surface area is 105 Å². The number of hydrogen-bond acceptors (Lipinski definition) is 0. The summed E-state index contributed by atoms with van der Waals surface area (Å²) in [6.45, 7) is 7.37. The Morgan fingerprint density at radius 1 is 1.29 bits per heavy atom. The maximum Gasteiger partial charge on any atom is 0.417 e. The Kier molecular flexibility index (Phi) is 4.13. The van der Waals surface area contributed by atoms with Crippen LogP contribution < -0.4 is 0 Å². The van der Waals surface area contributed by atoms with E-state index in [9.17, 15) is 13.2 Å². The highest BCUT2D eigenvalue weighted by atomic mass is 35.5. The molecule has 0 unspecified atom stereocenters. The van der Waals surface area contributed by atoms with E-state index >= 15 is 0 Å². The van der Waals surface area contributed by atoms with Gasteiger partial charge in [-0.05, 0) is 42.0 Å². The molecular formula is C13H16ClF3. The van der Waals surface area contributed by atoms with E-state index in [1.54, 1.807) is 6.92 Å². The van der Waals surface area contributed by atoms with Crippen LogP contribution in [-0.2, 0) is 12.6 Å². The highest BCUT2D eigenvalue weighted by molar-refractivity contribution is 6.32. The molecular weight excluding hydrogens is 249 g/mol. The van der Waals surface area contributed by atoms with Crippen molar-refractivity contribution >= 4 is 11.6 Å². The highest BCUT2D eigenvalue weighted by Crippen LogP contribution is 2.40. The maximum atomic E-state index is 12.8. The molecule has 0 saturated heterocycles. The summed E-state index contributed by atoms with van der Waals surface area (Å²) in [5, 5.41) is -0.168. The minimum absolute atomic E-state index is 0.0574. The fraction of sp³-hybridized carbons (Fsp3) is 0.538. The SMILES string of the molecule is CCc1c(C(C)C)cc(C(F)(F)F)c(Cl)c1C. The van der Waals surface area contributed by atoms with E-state index in [0.29, 0.717) is 12.0 Å². The van der Waals surface area contributed by atoms with Crippen LogP contribution in [0, 0.1) is 6.92 Å². The van der Waals surface area contributed by atoms with Crippen molar-refractivity contribution in [2.45, 2.75) is 46.2 Å². The van der Waals surface area contributed by atoms with Crippen LogP contribution >= 0.6 is 11.6 Å². The second kappa shape index (κ2) is 4.89. The zero-order valence-electron chi connectivity index (χ0n) is 10.4. The van der Waals surface area contributed by atoms with E-state index < -0.39 is 11.7 Å². The molecule has 96 valence electrons. The lowest BCUT2D eigenvalue weighted by atomic mass is 9.90. The number of halogens is 4. The normalized spacial score (nSPS) is 12.3. The van der Waals surface area contributed by atoms with Gasteiger partial charge in [-0.1, -0.05) is 32.4 Å². The smallest absolute Gasteiger partial charge is 0.166 e. The summed E-state index contributed by atoms with van der Waals surface area (Å²) < 4.78 is 38.5. The molecule has 0 aliphatic rings. The van der Waals surface area contributed by atoms with Gasteiger partial charge in [0.15, 0.2) is 0 Å². The van der Waals surface area contributed by atoms with Gasteiger partial charge in [0.05, 0.1) is 10.6 Å². The molecule has 0 atom stereocenters. The monoisotopic (exact) mass is 264 g/mol. The van der Waals surface area contributed by atoms with Gasteiger partial charge in [0.2, 0.25) is 0 Å². The van der Waals surface area contributed by atoms with Crippen molar-refractivity contribution in [2.75, 3.05) is 0 Å². The molecule has 0 heterocycles. The number of rotatable bonds is 2. The maximum absolute atomic E-state index is 12.8. The summed E-state index contributed by atoms with van der Waals surface area (Å²) in [6.07, 6.45) is -3.70. The van der Waals surface area contributed by atoms with Crippen LogP contribution in [-0.4, -0.2) is 0 Å². The third kappa shape index (κ3) is 2.76. The fourth-order valence-electron chi connectivity index (χ4n) is 2.05. The third-order valence-corrected chi connectivity index (χ3v) is 3.43. The molecule has 1 aromatic rings. The Morgan fingerprint density at radius 3 is 2.18 bits per heavy atom. The molecule has 0 aliphatic heterocycles. The fourth-order valence-corrected chi connectivity index (χ4v) is 2.32. The van der Waals surface area contributed by atoms with Gasteiger partial charge in [-0.3, -0.25) is 0 Å². The lowest BCUT2D eigenvalue weighted by molar-refractivity contribution is -0.137. The number of hydrogen-bond donors (Lipinski definition) is 0. The first-order chi connectivity index (χ1) is 7.70. The van der Waals surface area contributed by atoms with Crippen molar-refractivity contribution in [2.24, 2.45) is 0 Å². The van der Waals surface area contributed by atoms with E-state index in [0.717, 1.165) is 11.1 Å². The Bertz CT molecular complexity index is 420. The Hall–Kier alpha value is -0.700. The zero-order chi connectivity index (χ0) is 13.4. The molecule has 1 aromatic carbocycles. The number of alkyl halides is 3. The van der Waals surface area contributed by atoms with Crippen molar-refractivity contribution in [3.05, 3.63) is 33.3 Å². The van der Waals surface area contributed by atoms with Gasteiger partial charge in [0.1, 0.15) is 0 Å². The average molecular weight is 265 g/mol. The Balaban J connectivity index is 3.58. The lowest BCUT2D eigenvalue weighted by Crippen LogP contribution is -2.10. The molecule has 0 bridgehead atoms. The molecule has 0 amide bonds. The molecule has 0 spiro atoms. The molecule has 0 radical (unpaired) electrons. The summed E-state index contributed by atoms with van der Waals surface area (Å²) >= 11 is 5.82. The van der Waals surface area contributed by atoms with Crippen LogP contribution in [0.3, 0.4) is 0 Å². The van der Waals surface area contributed by atoms with Crippen molar-refractivity contribution < 1.29 is 13.2 Å².